The Morgan fingerprint density at radius 3 is 0.905 bits per heavy atom. The maximum atomic E-state index is 13.1. The SMILES string of the molecule is CC(C)(C)SSC(=O)OCCn1c(=O)n(CCOC(=O)SSC(C)(C)C)c(=O)n(CCOC(=O)SSC(C)(C)C)c1=O. The molecule has 1 aromatic rings. The van der Waals surface area contributed by atoms with Crippen LogP contribution in [-0.4, -0.2) is 63.7 Å². The molecular formula is C24H39N3O9S6. The van der Waals surface area contributed by atoms with Crippen LogP contribution in [0.1, 0.15) is 62.3 Å². The van der Waals surface area contributed by atoms with E-state index < -0.39 is 33.0 Å². The largest absolute Gasteiger partial charge is 0.455 e. The molecule has 0 aliphatic rings. The first-order valence-corrected chi connectivity index (χ1v) is 19.2. The molecule has 0 N–H and O–H groups in total. The van der Waals surface area contributed by atoms with Crippen molar-refractivity contribution >= 4 is 80.7 Å². The molecule has 0 aliphatic heterocycles. The molecule has 0 saturated heterocycles. The smallest absolute Gasteiger partial charge is 0.378 e. The van der Waals surface area contributed by atoms with Crippen LogP contribution in [-0.2, 0) is 33.8 Å². The molecule has 0 bridgehead atoms. The van der Waals surface area contributed by atoms with E-state index in [1.54, 1.807) is 0 Å². The van der Waals surface area contributed by atoms with Crippen LogP contribution in [0, 0.1) is 0 Å². The summed E-state index contributed by atoms with van der Waals surface area (Å²) in [6, 6.07) is 0. The second-order valence-corrected chi connectivity index (χ2v) is 20.1. The molecule has 0 aliphatic carbocycles. The van der Waals surface area contributed by atoms with Crippen molar-refractivity contribution in [1.29, 1.82) is 0 Å². The molecule has 240 valence electrons. The van der Waals surface area contributed by atoms with E-state index in [0.717, 1.165) is 46.1 Å². The summed E-state index contributed by atoms with van der Waals surface area (Å²) < 4.78 is 17.2. The second-order valence-electron chi connectivity index (χ2n) is 11.4. The third-order valence-corrected chi connectivity index (χ3v) is 13.1. The van der Waals surface area contributed by atoms with Crippen molar-refractivity contribution in [2.45, 2.75) is 96.2 Å². The van der Waals surface area contributed by atoms with Gasteiger partial charge < -0.3 is 14.2 Å². The van der Waals surface area contributed by atoms with Gasteiger partial charge in [-0.25, -0.2) is 42.5 Å². The van der Waals surface area contributed by atoms with Crippen molar-refractivity contribution in [2.24, 2.45) is 0 Å². The van der Waals surface area contributed by atoms with E-state index in [2.05, 4.69) is 0 Å². The van der Waals surface area contributed by atoms with E-state index in [-0.39, 0.29) is 53.7 Å². The van der Waals surface area contributed by atoms with E-state index in [4.69, 9.17) is 14.2 Å². The maximum Gasteiger partial charge on any atom is 0.378 e. The fourth-order valence-corrected chi connectivity index (χ4v) is 7.11. The Kier molecular flexibility index (Phi) is 16.2. The Bertz CT molecular complexity index is 1070. The molecule has 0 unspecified atom stereocenters. The molecule has 0 radical (unpaired) electrons. The monoisotopic (exact) mass is 705 g/mol. The van der Waals surface area contributed by atoms with E-state index in [9.17, 15) is 28.8 Å². The van der Waals surface area contributed by atoms with Gasteiger partial charge in [-0.2, -0.15) is 0 Å². The van der Waals surface area contributed by atoms with Gasteiger partial charge in [-0.1, -0.05) is 94.7 Å². The van der Waals surface area contributed by atoms with Crippen LogP contribution in [0.15, 0.2) is 14.4 Å². The highest BCUT2D eigenvalue weighted by atomic mass is 33.1. The Balaban J connectivity index is 3.08. The van der Waals surface area contributed by atoms with Crippen LogP contribution in [0.25, 0.3) is 0 Å². The van der Waals surface area contributed by atoms with Crippen LogP contribution >= 0.6 is 64.8 Å². The standard InChI is InChI=1S/C24H39N3O9S6/c1-22(2,3)40-37-19(31)34-13-10-25-16(28)26(11-14-35-20(32)38-41-23(4,5)6)18(30)27(17(25)29)12-15-36-21(33)39-42-24(7,8)9/h10-15H2,1-9H3. The lowest BCUT2D eigenvalue weighted by molar-refractivity contribution is 0.162. The summed E-state index contributed by atoms with van der Waals surface area (Å²) in [6.45, 7) is 15.5. The predicted octanol–water partition coefficient (Wildman–Crippen LogP) is 6.12. The second kappa shape index (κ2) is 17.4. The Morgan fingerprint density at radius 2 is 0.714 bits per heavy atom. The number of ether oxygens (including phenoxy) is 3. The topological polar surface area (TPSA) is 145 Å². The number of hydrogen-bond donors (Lipinski definition) is 0. The summed E-state index contributed by atoms with van der Waals surface area (Å²) in [7, 11) is 6.62. The summed E-state index contributed by atoms with van der Waals surface area (Å²) in [5, 5.41) is -1.77. The van der Waals surface area contributed by atoms with Crippen molar-refractivity contribution in [2.75, 3.05) is 19.8 Å². The number of rotatable bonds is 12. The van der Waals surface area contributed by atoms with E-state index in [1.807, 2.05) is 62.3 Å². The van der Waals surface area contributed by atoms with Gasteiger partial charge in [0.2, 0.25) is 0 Å². The van der Waals surface area contributed by atoms with Gasteiger partial charge in [0.1, 0.15) is 19.8 Å². The molecule has 0 amide bonds. The van der Waals surface area contributed by atoms with Gasteiger partial charge in [0.05, 0.1) is 19.6 Å². The minimum atomic E-state index is -0.948. The van der Waals surface area contributed by atoms with Gasteiger partial charge in [-0.3, -0.25) is 0 Å². The highest BCUT2D eigenvalue weighted by Crippen LogP contribution is 2.37. The molecule has 12 nitrogen and oxygen atoms in total. The number of nitrogens with zero attached hydrogens (tertiary/aromatic N) is 3. The Hall–Kier alpha value is -1.08. The third kappa shape index (κ3) is 16.1. The predicted molar refractivity (Wildman–Crippen MR) is 178 cm³/mol. The molecule has 18 heteroatoms. The van der Waals surface area contributed by atoms with E-state index in [1.165, 1.54) is 32.4 Å². The first-order chi connectivity index (χ1) is 19.2. The number of carbonyl (C=O) groups is 3. The Morgan fingerprint density at radius 1 is 0.500 bits per heavy atom. The van der Waals surface area contributed by atoms with E-state index >= 15 is 0 Å². The molecule has 0 atom stereocenters. The molecular weight excluding hydrogens is 667 g/mol. The first kappa shape index (κ1) is 38.9. The van der Waals surface area contributed by atoms with Gasteiger partial charge in [-0.05, 0) is 0 Å². The molecule has 0 aromatic carbocycles. The third-order valence-electron chi connectivity index (χ3n) is 4.07. The number of carbonyl (C=O) groups excluding carboxylic acids is 3. The summed E-state index contributed by atoms with van der Waals surface area (Å²) in [4.78, 5) is 75.5. The van der Waals surface area contributed by atoms with Crippen molar-refractivity contribution in [3.8, 4) is 0 Å². The van der Waals surface area contributed by atoms with Crippen LogP contribution in [0.5, 0.6) is 0 Å². The molecule has 1 heterocycles. The molecule has 42 heavy (non-hydrogen) atoms. The number of aromatic nitrogens is 3. The zero-order valence-electron chi connectivity index (χ0n) is 25.2. The van der Waals surface area contributed by atoms with Gasteiger partial charge in [-0.15, -0.1) is 0 Å². The average Bonchev–Trinajstić information content (AvgIpc) is 2.85. The van der Waals surface area contributed by atoms with Gasteiger partial charge in [0, 0.05) is 46.6 Å². The quantitative estimate of drug-likeness (QED) is 0.140. The van der Waals surface area contributed by atoms with E-state index in [0.29, 0.717) is 0 Å². The highest BCUT2D eigenvalue weighted by molar-refractivity contribution is 8.83. The summed E-state index contributed by atoms with van der Waals surface area (Å²) in [5.74, 6) is 0. The normalized spacial score (nSPS) is 12.2. The number of hydrogen-bond acceptors (Lipinski definition) is 15. The lowest BCUT2D eigenvalue weighted by Crippen LogP contribution is -2.55. The van der Waals surface area contributed by atoms with Crippen LogP contribution in [0.3, 0.4) is 0 Å². The van der Waals surface area contributed by atoms with Crippen molar-refractivity contribution < 1.29 is 28.6 Å². The summed E-state index contributed by atoms with van der Waals surface area (Å²) in [6.07, 6.45) is 0. The summed E-state index contributed by atoms with van der Waals surface area (Å²) >= 11 is 0. The van der Waals surface area contributed by atoms with Crippen LogP contribution in [0.4, 0.5) is 14.4 Å². The summed E-state index contributed by atoms with van der Waals surface area (Å²) in [5.41, 5.74) is -2.84. The van der Waals surface area contributed by atoms with Crippen molar-refractivity contribution in [1.82, 2.24) is 13.7 Å². The van der Waals surface area contributed by atoms with Crippen LogP contribution < -0.4 is 17.1 Å². The van der Waals surface area contributed by atoms with Gasteiger partial charge in [0.25, 0.3) is 0 Å². The first-order valence-electron chi connectivity index (χ1n) is 12.7. The maximum absolute atomic E-state index is 13.1. The highest BCUT2D eigenvalue weighted by Gasteiger charge is 2.20. The lowest BCUT2D eigenvalue weighted by atomic mass is 10.3. The molecule has 0 spiro atoms. The zero-order chi connectivity index (χ0) is 32.3. The minimum absolute atomic E-state index is 0.190. The Labute approximate surface area is 269 Å². The zero-order valence-corrected chi connectivity index (χ0v) is 30.1. The van der Waals surface area contributed by atoms with Gasteiger partial charge in [0.15, 0.2) is 0 Å². The van der Waals surface area contributed by atoms with Crippen LogP contribution in [0.2, 0.25) is 0 Å². The van der Waals surface area contributed by atoms with Crippen molar-refractivity contribution in [3.63, 3.8) is 0 Å². The van der Waals surface area contributed by atoms with Crippen molar-refractivity contribution in [3.05, 3.63) is 31.5 Å². The molecule has 0 fully saturated rings. The lowest BCUT2D eigenvalue weighted by Gasteiger charge is -2.17. The molecule has 1 rings (SSSR count). The minimum Gasteiger partial charge on any atom is -0.455 e. The van der Waals surface area contributed by atoms with Gasteiger partial charge >= 0.3 is 33.0 Å². The fraction of sp³-hybridized carbons (Fsp3) is 0.750. The molecule has 0 saturated carbocycles. The molecule has 1 aromatic heterocycles. The fourth-order valence-electron chi connectivity index (χ4n) is 2.47. The average molecular weight is 706 g/mol.